The molecule has 98 valence electrons. The molecule has 0 aromatic heterocycles. The van der Waals surface area contributed by atoms with E-state index < -0.39 is 6.04 Å². The maximum atomic E-state index is 11.5. The second-order valence-corrected chi connectivity index (χ2v) is 4.96. The van der Waals surface area contributed by atoms with E-state index in [0.717, 1.165) is 12.2 Å². The van der Waals surface area contributed by atoms with Crippen LogP contribution in [0.25, 0.3) is 0 Å². The number of likely N-dealkylation sites (tertiary alicyclic amines) is 1. The molecule has 1 fully saturated rings. The minimum Gasteiger partial charge on any atom is -0.325 e. The molecule has 1 aromatic rings. The van der Waals surface area contributed by atoms with Gasteiger partial charge in [-0.3, -0.25) is 9.69 Å². The Kier molecular flexibility index (Phi) is 4.33. The zero-order valence-corrected chi connectivity index (χ0v) is 10.9. The van der Waals surface area contributed by atoms with Crippen molar-refractivity contribution < 1.29 is 4.79 Å². The number of anilines is 1. The predicted octanol–water partition coefficient (Wildman–Crippen LogP) is 1.57. The number of rotatable bonds is 4. The maximum absolute atomic E-state index is 11.5. The quantitative estimate of drug-likeness (QED) is 0.849. The van der Waals surface area contributed by atoms with Gasteiger partial charge in [-0.1, -0.05) is 12.1 Å². The molecular weight excluding hydrogens is 226 g/mol. The van der Waals surface area contributed by atoms with Crippen molar-refractivity contribution in [3.05, 3.63) is 29.8 Å². The van der Waals surface area contributed by atoms with Crippen molar-refractivity contribution in [2.45, 2.75) is 32.4 Å². The molecule has 0 bridgehead atoms. The molecule has 1 unspecified atom stereocenters. The third kappa shape index (κ3) is 3.55. The van der Waals surface area contributed by atoms with Gasteiger partial charge in [0.15, 0.2) is 0 Å². The minimum absolute atomic E-state index is 0.145. The molecule has 0 radical (unpaired) electrons. The smallest absolute Gasteiger partial charge is 0.240 e. The summed E-state index contributed by atoms with van der Waals surface area (Å²) < 4.78 is 0. The van der Waals surface area contributed by atoms with E-state index >= 15 is 0 Å². The molecule has 4 nitrogen and oxygen atoms in total. The lowest BCUT2D eigenvalue weighted by Gasteiger charge is -2.15. The Morgan fingerprint density at radius 3 is 2.83 bits per heavy atom. The number of benzene rings is 1. The van der Waals surface area contributed by atoms with Crippen LogP contribution >= 0.6 is 0 Å². The summed E-state index contributed by atoms with van der Waals surface area (Å²) in [6.07, 6.45) is 2.59. The van der Waals surface area contributed by atoms with Gasteiger partial charge in [-0.25, -0.2) is 0 Å². The highest BCUT2D eigenvalue weighted by molar-refractivity contribution is 5.94. The van der Waals surface area contributed by atoms with Gasteiger partial charge in [0.1, 0.15) is 0 Å². The summed E-state index contributed by atoms with van der Waals surface area (Å²) in [6.45, 7) is 5.00. The van der Waals surface area contributed by atoms with E-state index in [1.54, 1.807) is 6.92 Å². The Labute approximate surface area is 108 Å². The van der Waals surface area contributed by atoms with Crippen molar-refractivity contribution in [1.82, 2.24) is 4.90 Å². The molecular formula is C14H21N3O. The van der Waals surface area contributed by atoms with Gasteiger partial charge in [-0.05, 0) is 50.6 Å². The van der Waals surface area contributed by atoms with E-state index in [-0.39, 0.29) is 5.91 Å². The summed E-state index contributed by atoms with van der Waals surface area (Å²) in [6, 6.07) is 7.52. The van der Waals surface area contributed by atoms with Gasteiger partial charge < -0.3 is 11.1 Å². The zero-order chi connectivity index (χ0) is 13.0. The number of nitrogens with zero attached hydrogens (tertiary/aromatic N) is 1. The van der Waals surface area contributed by atoms with Crippen LogP contribution < -0.4 is 11.1 Å². The highest BCUT2D eigenvalue weighted by atomic mass is 16.2. The number of amides is 1. The summed E-state index contributed by atoms with van der Waals surface area (Å²) in [7, 11) is 0. The highest BCUT2D eigenvalue weighted by Crippen LogP contribution is 2.16. The van der Waals surface area contributed by atoms with Crippen LogP contribution in [0.4, 0.5) is 5.69 Å². The van der Waals surface area contributed by atoms with Crippen LogP contribution in [0, 0.1) is 0 Å². The molecule has 0 spiro atoms. The van der Waals surface area contributed by atoms with Crippen molar-refractivity contribution in [2.75, 3.05) is 18.4 Å². The second-order valence-electron chi connectivity index (χ2n) is 4.96. The normalized spacial score (nSPS) is 17.7. The Morgan fingerprint density at radius 1 is 1.44 bits per heavy atom. The number of carbonyl (C=O) groups excluding carboxylic acids is 1. The molecule has 1 saturated heterocycles. The zero-order valence-electron chi connectivity index (χ0n) is 10.9. The van der Waals surface area contributed by atoms with E-state index in [9.17, 15) is 4.79 Å². The molecule has 18 heavy (non-hydrogen) atoms. The van der Waals surface area contributed by atoms with Gasteiger partial charge >= 0.3 is 0 Å². The van der Waals surface area contributed by atoms with E-state index in [1.165, 1.54) is 31.5 Å². The lowest BCUT2D eigenvalue weighted by molar-refractivity contribution is -0.117. The van der Waals surface area contributed by atoms with E-state index in [4.69, 9.17) is 5.73 Å². The van der Waals surface area contributed by atoms with Gasteiger partial charge in [0, 0.05) is 12.2 Å². The highest BCUT2D eigenvalue weighted by Gasteiger charge is 2.12. The fourth-order valence-electron chi connectivity index (χ4n) is 2.20. The van der Waals surface area contributed by atoms with Gasteiger partial charge in [-0.15, -0.1) is 0 Å². The molecule has 1 heterocycles. The lowest BCUT2D eigenvalue weighted by atomic mass is 10.2. The first kappa shape index (κ1) is 13.1. The summed E-state index contributed by atoms with van der Waals surface area (Å²) >= 11 is 0. The van der Waals surface area contributed by atoms with E-state index in [1.807, 2.05) is 18.2 Å². The minimum atomic E-state index is -0.479. The third-order valence-electron chi connectivity index (χ3n) is 3.21. The van der Waals surface area contributed by atoms with Gasteiger partial charge in [0.2, 0.25) is 5.91 Å². The molecule has 1 aliphatic heterocycles. The fourth-order valence-corrected chi connectivity index (χ4v) is 2.20. The largest absolute Gasteiger partial charge is 0.325 e. The Bertz CT molecular complexity index is 411. The number of hydrogen-bond acceptors (Lipinski definition) is 3. The van der Waals surface area contributed by atoms with Crippen LogP contribution in [0.2, 0.25) is 0 Å². The molecule has 3 N–H and O–H groups in total. The van der Waals surface area contributed by atoms with E-state index in [2.05, 4.69) is 16.3 Å². The van der Waals surface area contributed by atoms with Gasteiger partial charge in [-0.2, -0.15) is 0 Å². The third-order valence-corrected chi connectivity index (χ3v) is 3.21. The first-order valence-corrected chi connectivity index (χ1v) is 6.53. The standard InChI is InChI=1S/C14H21N3O/c1-11(15)14(18)16-13-6-4-5-12(9-13)10-17-7-2-3-8-17/h4-6,9,11H,2-3,7-8,10,15H2,1H3,(H,16,18). The van der Waals surface area contributed by atoms with Crippen molar-refractivity contribution in [3.8, 4) is 0 Å². The van der Waals surface area contributed by atoms with Crippen molar-refractivity contribution >= 4 is 11.6 Å². The van der Waals surface area contributed by atoms with Crippen LogP contribution in [0.1, 0.15) is 25.3 Å². The maximum Gasteiger partial charge on any atom is 0.240 e. The molecule has 2 rings (SSSR count). The molecule has 0 saturated carbocycles. The van der Waals surface area contributed by atoms with E-state index in [0.29, 0.717) is 0 Å². The Hall–Kier alpha value is -1.39. The molecule has 1 amide bonds. The van der Waals surface area contributed by atoms with Crippen molar-refractivity contribution in [2.24, 2.45) is 5.73 Å². The van der Waals surface area contributed by atoms with Crippen LogP contribution in [-0.4, -0.2) is 29.9 Å². The summed E-state index contributed by atoms with van der Waals surface area (Å²) in [5, 5.41) is 2.82. The summed E-state index contributed by atoms with van der Waals surface area (Å²) in [5.41, 5.74) is 7.60. The first-order valence-electron chi connectivity index (χ1n) is 6.53. The lowest BCUT2D eigenvalue weighted by Crippen LogP contribution is -2.32. The van der Waals surface area contributed by atoms with Crippen LogP contribution in [-0.2, 0) is 11.3 Å². The van der Waals surface area contributed by atoms with Gasteiger partial charge in [0.25, 0.3) is 0 Å². The Balaban J connectivity index is 1.98. The van der Waals surface area contributed by atoms with Gasteiger partial charge in [0.05, 0.1) is 6.04 Å². The topological polar surface area (TPSA) is 58.4 Å². The van der Waals surface area contributed by atoms with Crippen LogP contribution in [0.3, 0.4) is 0 Å². The predicted molar refractivity (Wildman–Crippen MR) is 73.2 cm³/mol. The van der Waals surface area contributed by atoms with Crippen LogP contribution in [0.15, 0.2) is 24.3 Å². The second kappa shape index (κ2) is 5.98. The first-order chi connectivity index (χ1) is 8.65. The average molecular weight is 247 g/mol. The number of nitrogens with one attached hydrogen (secondary N) is 1. The SMILES string of the molecule is CC(N)C(=O)Nc1cccc(CN2CCCC2)c1. The molecule has 0 aliphatic carbocycles. The average Bonchev–Trinajstić information content (AvgIpc) is 2.82. The Morgan fingerprint density at radius 2 is 2.17 bits per heavy atom. The summed E-state index contributed by atoms with van der Waals surface area (Å²) in [5.74, 6) is -0.145. The van der Waals surface area contributed by atoms with Crippen LogP contribution in [0.5, 0.6) is 0 Å². The van der Waals surface area contributed by atoms with Crippen molar-refractivity contribution in [3.63, 3.8) is 0 Å². The fraction of sp³-hybridized carbons (Fsp3) is 0.500. The number of carbonyl (C=O) groups is 1. The summed E-state index contributed by atoms with van der Waals surface area (Å²) in [4.78, 5) is 14.0. The number of nitrogens with two attached hydrogens (primary N) is 1. The monoisotopic (exact) mass is 247 g/mol. The molecule has 1 aliphatic rings. The molecule has 4 heteroatoms. The molecule has 1 aromatic carbocycles. The van der Waals surface area contributed by atoms with Crippen molar-refractivity contribution in [1.29, 1.82) is 0 Å². The number of hydrogen-bond donors (Lipinski definition) is 2. The molecule has 1 atom stereocenters.